The number of ether oxygens (including phenoxy) is 2. The lowest BCUT2D eigenvalue weighted by Crippen LogP contribution is -2.27. The Kier molecular flexibility index (Phi) is 5.31. The highest BCUT2D eigenvalue weighted by atomic mass is 32.2. The molecular formula is C15H21NO3S. The third-order valence-corrected chi connectivity index (χ3v) is 4.82. The lowest BCUT2D eigenvalue weighted by Gasteiger charge is -2.20. The lowest BCUT2D eigenvalue weighted by atomic mass is 10.1. The van der Waals surface area contributed by atoms with E-state index in [2.05, 4.69) is 24.4 Å². The van der Waals surface area contributed by atoms with Crippen molar-refractivity contribution >= 4 is 17.7 Å². The van der Waals surface area contributed by atoms with Gasteiger partial charge in [0.1, 0.15) is 5.75 Å². The zero-order chi connectivity index (χ0) is 14.5. The van der Waals surface area contributed by atoms with E-state index in [1.165, 1.54) is 18.2 Å². The van der Waals surface area contributed by atoms with Crippen LogP contribution in [0.2, 0.25) is 0 Å². The highest BCUT2D eigenvalue weighted by Crippen LogP contribution is 2.40. The van der Waals surface area contributed by atoms with E-state index in [-0.39, 0.29) is 12.0 Å². The number of carbonyl (C=O) groups is 1. The summed E-state index contributed by atoms with van der Waals surface area (Å²) < 4.78 is 10.0. The molecule has 0 heterocycles. The van der Waals surface area contributed by atoms with Crippen molar-refractivity contribution in [3.05, 3.63) is 29.3 Å². The molecule has 1 aliphatic rings. The van der Waals surface area contributed by atoms with Crippen molar-refractivity contribution in [2.24, 2.45) is 0 Å². The Balaban J connectivity index is 2.14. The molecule has 1 aromatic carbocycles. The van der Waals surface area contributed by atoms with Crippen LogP contribution in [-0.4, -0.2) is 37.7 Å². The van der Waals surface area contributed by atoms with Gasteiger partial charge >= 0.3 is 5.97 Å². The summed E-state index contributed by atoms with van der Waals surface area (Å²) >= 11 is 1.66. The molecule has 5 heteroatoms. The first-order valence-electron chi connectivity index (χ1n) is 6.78. The average Bonchev–Trinajstić information content (AvgIpc) is 2.82. The Labute approximate surface area is 124 Å². The van der Waals surface area contributed by atoms with E-state index in [4.69, 9.17) is 9.47 Å². The van der Waals surface area contributed by atoms with Gasteiger partial charge in [0.15, 0.2) is 0 Å². The molecule has 0 radical (unpaired) electrons. The molecule has 0 fully saturated rings. The van der Waals surface area contributed by atoms with E-state index in [0.29, 0.717) is 11.0 Å². The number of hydrogen-bond acceptors (Lipinski definition) is 5. The lowest BCUT2D eigenvalue weighted by molar-refractivity contribution is -0.137. The van der Waals surface area contributed by atoms with Crippen LogP contribution in [0, 0.1) is 0 Å². The largest absolute Gasteiger partial charge is 0.497 e. The molecule has 2 unspecified atom stereocenters. The van der Waals surface area contributed by atoms with Crippen molar-refractivity contribution in [2.45, 2.75) is 24.6 Å². The SMILES string of the molecule is CCNC1c2cc(OC)ccc2CC1SCC(=O)OC. The van der Waals surface area contributed by atoms with Gasteiger partial charge in [0.25, 0.3) is 0 Å². The number of hydrogen-bond donors (Lipinski definition) is 1. The molecule has 0 amide bonds. The van der Waals surface area contributed by atoms with E-state index in [1.54, 1.807) is 18.9 Å². The molecule has 0 spiro atoms. The van der Waals surface area contributed by atoms with Crippen molar-refractivity contribution in [1.29, 1.82) is 0 Å². The van der Waals surface area contributed by atoms with E-state index in [9.17, 15) is 4.79 Å². The Morgan fingerprint density at radius 2 is 2.25 bits per heavy atom. The van der Waals surface area contributed by atoms with Crippen LogP contribution < -0.4 is 10.1 Å². The smallest absolute Gasteiger partial charge is 0.315 e. The summed E-state index contributed by atoms with van der Waals surface area (Å²) in [6.07, 6.45) is 0.971. The maximum atomic E-state index is 11.3. The van der Waals surface area contributed by atoms with Crippen molar-refractivity contribution < 1.29 is 14.3 Å². The monoisotopic (exact) mass is 295 g/mol. The Morgan fingerprint density at radius 3 is 2.90 bits per heavy atom. The summed E-state index contributed by atoms with van der Waals surface area (Å²) in [5.74, 6) is 1.11. The molecule has 0 bridgehead atoms. The third-order valence-electron chi connectivity index (χ3n) is 3.55. The van der Waals surface area contributed by atoms with Crippen LogP contribution in [0.25, 0.3) is 0 Å². The molecule has 110 valence electrons. The molecule has 1 N–H and O–H groups in total. The fraction of sp³-hybridized carbons (Fsp3) is 0.533. The molecule has 4 nitrogen and oxygen atoms in total. The second-order valence-corrected chi connectivity index (χ2v) is 5.96. The standard InChI is InChI=1S/C15H21NO3S/c1-4-16-15-12-8-11(18-2)6-5-10(12)7-13(15)20-9-14(17)19-3/h5-6,8,13,15-16H,4,7,9H2,1-3H3. The quantitative estimate of drug-likeness (QED) is 0.815. The average molecular weight is 295 g/mol. The zero-order valence-electron chi connectivity index (χ0n) is 12.1. The minimum absolute atomic E-state index is 0.168. The van der Waals surface area contributed by atoms with E-state index < -0.39 is 0 Å². The summed E-state index contributed by atoms with van der Waals surface area (Å²) in [4.78, 5) is 11.3. The molecule has 0 aliphatic heterocycles. The number of rotatable bonds is 6. The first kappa shape index (κ1) is 15.2. The number of esters is 1. The summed E-state index contributed by atoms with van der Waals surface area (Å²) in [5.41, 5.74) is 2.62. The number of carbonyl (C=O) groups excluding carboxylic acids is 1. The first-order chi connectivity index (χ1) is 9.69. The zero-order valence-corrected chi connectivity index (χ0v) is 13.0. The van der Waals surface area contributed by atoms with Gasteiger partial charge in [-0.05, 0) is 36.2 Å². The minimum Gasteiger partial charge on any atom is -0.497 e. The molecule has 2 atom stereocenters. The number of fused-ring (bicyclic) bond motifs is 1. The minimum atomic E-state index is -0.168. The maximum absolute atomic E-state index is 11.3. The summed E-state index contributed by atoms with van der Waals surface area (Å²) in [6, 6.07) is 6.48. The molecule has 0 saturated carbocycles. The van der Waals surface area contributed by atoms with Gasteiger partial charge in [-0.1, -0.05) is 13.0 Å². The number of benzene rings is 1. The molecule has 0 saturated heterocycles. The molecule has 1 aliphatic carbocycles. The molecule has 2 rings (SSSR count). The van der Waals surface area contributed by atoms with Crippen molar-refractivity contribution in [3.63, 3.8) is 0 Å². The second-order valence-electron chi connectivity index (χ2n) is 4.73. The second kappa shape index (κ2) is 6.99. The van der Waals surface area contributed by atoms with Crippen LogP contribution in [-0.2, 0) is 16.0 Å². The van der Waals surface area contributed by atoms with Crippen LogP contribution in [0.3, 0.4) is 0 Å². The Hall–Kier alpha value is -1.20. The van der Waals surface area contributed by atoms with Crippen LogP contribution >= 0.6 is 11.8 Å². The molecule has 1 aromatic rings. The predicted molar refractivity (Wildman–Crippen MR) is 81.4 cm³/mol. The van der Waals surface area contributed by atoms with Gasteiger partial charge in [-0.25, -0.2) is 0 Å². The summed E-state index contributed by atoms with van der Waals surface area (Å²) in [5, 5.41) is 3.87. The van der Waals surface area contributed by atoms with E-state index in [0.717, 1.165) is 18.7 Å². The van der Waals surface area contributed by atoms with Crippen LogP contribution in [0.5, 0.6) is 5.75 Å². The van der Waals surface area contributed by atoms with Gasteiger partial charge in [0, 0.05) is 11.3 Å². The topological polar surface area (TPSA) is 47.6 Å². The number of methoxy groups -OCH3 is 2. The maximum Gasteiger partial charge on any atom is 0.315 e. The molecular weight excluding hydrogens is 274 g/mol. The van der Waals surface area contributed by atoms with Crippen LogP contribution in [0.1, 0.15) is 24.1 Å². The third kappa shape index (κ3) is 3.27. The Morgan fingerprint density at radius 1 is 1.45 bits per heavy atom. The van der Waals surface area contributed by atoms with Crippen molar-refractivity contribution in [2.75, 3.05) is 26.5 Å². The van der Waals surface area contributed by atoms with Crippen molar-refractivity contribution in [1.82, 2.24) is 5.32 Å². The fourth-order valence-electron chi connectivity index (χ4n) is 2.56. The highest BCUT2D eigenvalue weighted by molar-refractivity contribution is 8.00. The number of thioether (sulfide) groups is 1. The van der Waals surface area contributed by atoms with Crippen LogP contribution in [0.15, 0.2) is 18.2 Å². The summed E-state index contributed by atoms with van der Waals surface area (Å²) in [7, 11) is 3.11. The van der Waals surface area contributed by atoms with Gasteiger partial charge in [-0.3, -0.25) is 4.79 Å². The van der Waals surface area contributed by atoms with Gasteiger partial charge in [-0.2, -0.15) is 0 Å². The Bertz CT molecular complexity index is 478. The molecule has 20 heavy (non-hydrogen) atoms. The van der Waals surface area contributed by atoms with Gasteiger partial charge in [-0.15, -0.1) is 11.8 Å². The normalized spacial score (nSPS) is 20.6. The van der Waals surface area contributed by atoms with Gasteiger partial charge in [0.2, 0.25) is 0 Å². The highest BCUT2D eigenvalue weighted by Gasteiger charge is 2.33. The predicted octanol–water partition coefficient (Wildman–Crippen LogP) is 2.18. The fourth-order valence-corrected chi connectivity index (χ4v) is 3.76. The van der Waals surface area contributed by atoms with Crippen LogP contribution in [0.4, 0.5) is 0 Å². The first-order valence-corrected chi connectivity index (χ1v) is 7.83. The van der Waals surface area contributed by atoms with E-state index >= 15 is 0 Å². The summed E-state index contributed by atoms with van der Waals surface area (Å²) in [6.45, 7) is 3.00. The number of nitrogens with one attached hydrogen (secondary N) is 1. The van der Waals surface area contributed by atoms with Gasteiger partial charge in [0.05, 0.1) is 20.0 Å². The van der Waals surface area contributed by atoms with Crippen molar-refractivity contribution in [3.8, 4) is 5.75 Å². The molecule has 0 aromatic heterocycles. The van der Waals surface area contributed by atoms with Gasteiger partial charge < -0.3 is 14.8 Å². The van der Waals surface area contributed by atoms with E-state index in [1.807, 2.05) is 6.07 Å².